The first-order chi connectivity index (χ1) is 14.2. The minimum atomic E-state index is -0.694. The highest BCUT2D eigenvalue weighted by Gasteiger charge is 2.33. The van der Waals surface area contributed by atoms with E-state index in [4.69, 9.17) is 51.8 Å². The van der Waals surface area contributed by atoms with Crippen LogP contribution in [0.15, 0.2) is 35.2 Å². The number of hydrogen-bond donors (Lipinski definition) is 3. The van der Waals surface area contributed by atoms with E-state index in [1.54, 1.807) is 6.07 Å². The minimum Gasteiger partial charge on any atom is -0.503 e. The molecule has 3 N–H and O–H groups in total. The van der Waals surface area contributed by atoms with Crippen molar-refractivity contribution < 1.29 is 19.4 Å². The summed E-state index contributed by atoms with van der Waals surface area (Å²) < 4.78 is 5.18. The van der Waals surface area contributed by atoms with Gasteiger partial charge in [-0.1, -0.05) is 46.6 Å². The lowest BCUT2D eigenvalue weighted by Gasteiger charge is -2.16. The summed E-state index contributed by atoms with van der Waals surface area (Å²) in [4.78, 5) is 25.2. The monoisotopic (exact) mass is 503 g/mol. The average molecular weight is 505 g/mol. The van der Waals surface area contributed by atoms with E-state index in [1.165, 1.54) is 37.5 Å². The molecule has 12 heteroatoms. The Hall–Kier alpha value is -2.17. The Balaban J connectivity index is 1.74. The molecule has 7 nitrogen and oxygen atoms in total. The molecule has 30 heavy (non-hydrogen) atoms. The minimum absolute atomic E-state index is 0.0650. The lowest BCUT2D eigenvalue weighted by atomic mass is 10.2. The first kappa shape index (κ1) is 22.5. The van der Waals surface area contributed by atoms with Crippen LogP contribution in [-0.2, 0) is 4.79 Å². The van der Waals surface area contributed by atoms with E-state index in [-0.39, 0.29) is 30.8 Å². The summed E-state index contributed by atoms with van der Waals surface area (Å²) in [5.41, 5.74) is 3.28. The van der Waals surface area contributed by atoms with E-state index in [2.05, 4.69) is 10.7 Å². The Kier molecular flexibility index (Phi) is 6.99. The van der Waals surface area contributed by atoms with Gasteiger partial charge in [-0.15, -0.1) is 0 Å². The van der Waals surface area contributed by atoms with Gasteiger partial charge in [-0.25, -0.2) is 10.2 Å². The molecule has 1 aliphatic rings. The number of phenolic OH excluding ortho intramolecular Hbond substituents is 1. The van der Waals surface area contributed by atoms with E-state index in [0.29, 0.717) is 16.3 Å². The van der Waals surface area contributed by atoms with Gasteiger partial charge in [0.1, 0.15) is 0 Å². The molecule has 156 valence electrons. The number of thioether (sulfide) groups is 1. The van der Waals surface area contributed by atoms with Gasteiger partial charge >= 0.3 is 6.03 Å². The lowest BCUT2D eigenvalue weighted by molar-refractivity contribution is -0.123. The molecule has 3 rings (SSSR count). The zero-order valence-electron chi connectivity index (χ0n) is 15.0. The largest absolute Gasteiger partial charge is 0.503 e. The fourth-order valence-corrected chi connectivity index (χ4v) is 4.08. The molecule has 1 saturated heterocycles. The maximum absolute atomic E-state index is 12.7. The van der Waals surface area contributed by atoms with Crippen molar-refractivity contribution in [3.63, 3.8) is 0 Å². The third-order valence-electron chi connectivity index (χ3n) is 3.75. The molecular formula is C18H12Cl3N3O4S2. The number of rotatable bonds is 4. The standard InChI is InChI=1S/C18H12Cl3N3O4S2/c1-28-13-5-8(4-12(21)15(13)25)6-14-16(26)24(18(29)30-14)23-17(27)22-9-2-3-10(19)11(20)7-9/h2-7,25H,1H3,(H2,22,23,27)/b14-6-. The summed E-state index contributed by atoms with van der Waals surface area (Å²) in [5.74, 6) is -0.578. The molecule has 0 bridgehead atoms. The van der Waals surface area contributed by atoms with Gasteiger partial charge in [0.15, 0.2) is 15.8 Å². The number of anilines is 1. The summed E-state index contributed by atoms with van der Waals surface area (Å²) in [6, 6.07) is 6.84. The van der Waals surface area contributed by atoms with Crippen molar-refractivity contribution in [1.82, 2.24) is 10.4 Å². The highest BCUT2D eigenvalue weighted by molar-refractivity contribution is 8.26. The fraction of sp³-hybridized carbons (Fsp3) is 0.0556. The van der Waals surface area contributed by atoms with Crippen LogP contribution in [-0.4, -0.2) is 33.5 Å². The number of carbonyl (C=O) groups excluding carboxylic acids is 2. The van der Waals surface area contributed by atoms with Crippen molar-refractivity contribution in [3.05, 3.63) is 55.9 Å². The van der Waals surface area contributed by atoms with Crippen molar-refractivity contribution >= 4 is 86.8 Å². The van der Waals surface area contributed by atoms with Crippen LogP contribution in [0.4, 0.5) is 10.5 Å². The number of carbonyl (C=O) groups is 2. The van der Waals surface area contributed by atoms with Gasteiger partial charge in [-0.2, -0.15) is 5.01 Å². The molecule has 0 saturated carbocycles. The Bertz CT molecular complexity index is 1090. The highest BCUT2D eigenvalue weighted by Crippen LogP contribution is 2.37. The molecular weight excluding hydrogens is 493 g/mol. The van der Waals surface area contributed by atoms with Gasteiger partial charge in [-0.05, 0) is 54.2 Å². The maximum atomic E-state index is 12.7. The number of nitrogens with one attached hydrogen (secondary N) is 2. The Morgan fingerprint density at radius 3 is 2.60 bits per heavy atom. The van der Waals surface area contributed by atoms with Crippen molar-refractivity contribution in [2.75, 3.05) is 12.4 Å². The van der Waals surface area contributed by atoms with E-state index >= 15 is 0 Å². The molecule has 3 amide bonds. The van der Waals surface area contributed by atoms with Crippen LogP contribution >= 0.6 is 58.8 Å². The number of phenols is 1. The van der Waals surface area contributed by atoms with Crippen LogP contribution < -0.4 is 15.5 Å². The van der Waals surface area contributed by atoms with Crippen molar-refractivity contribution in [3.8, 4) is 11.5 Å². The van der Waals surface area contributed by atoms with Gasteiger partial charge in [0.2, 0.25) is 0 Å². The summed E-state index contributed by atoms with van der Waals surface area (Å²) in [7, 11) is 1.38. The number of ether oxygens (including phenoxy) is 1. The third kappa shape index (κ3) is 4.93. The molecule has 0 radical (unpaired) electrons. The zero-order valence-corrected chi connectivity index (χ0v) is 18.9. The van der Waals surface area contributed by atoms with Crippen molar-refractivity contribution in [1.29, 1.82) is 0 Å². The van der Waals surface area contributed by atoms with Crippen molar-refractivity contribution in [2.45, 2.75) is 0 Å². The summed E-state index contributed by atoms with van der Waals surface area (Å²) in [6.07, 6.45) is 1.52. The number of nitrogens with zero attached hydrogens (tertiary/aromatic N) is 1. The maximum Gasteiger partial charge on any atom is 0.338 e. The predicted octanol–water partition coefficient (Wildman–Crippen LogP) is 5.30. The van der Waals surface area contributed by atoms with Gasteiger partial charge in [0.25, 0.3) is 5.91 Å². The highest BCUT2D eigenvalue weighted by atomic mass is 35.5. The first-order valence-corrected chi connectivity index (χ1v) is 10.4. The number of hydrazine groups is 1. The second-order valence-electron chi connectivity index (χ2n) is 5.77. The second kappa shape index (κ2) is 9.32. The number of amides is 3. The molecule has 0 atom stereocenters. The van der Waals surface area contributed by atoms with Crippen LogP contribution in [0.2, 0.25) is 15.1 Å². The molecule has 2 aromatic carbocycles. The zero-order chi connectivity index (χ0) is 22.0. The van der Waals surface area contributed by atoms with E-state index in [9.17, 15) is 14.7 Å². The lowest BCUT2D eigenvalue weighted by Crippen LogP contribution is -2.46. The molecule has 0 aromatic heterocycles. The third-order valence-corrected chi connectivity index (χ3v) is 6.08. The Morgan fingerprint density at radius 1 is 1.20 bits per heavy atom. The van der Waals surface area contributed by atoms with Gasteiger partial charge in [0.05, 0.1) is 27.1 Å². The molecule has 0 unspecified atom stereocenters. The van der Waals surface area contributed by atoms with E-state index in [1.807, 2.05) is 0 Å². The van der Waals surface area contributed by atoms with Crippen LogP contribution in [0.5, 0.6) is 11.5 Å². The SMILES string of the molecule is COc1cc(/C=C2\SC(=S)N(NC(=O)Nc3ccc(Cl)c(Cl)c3)C2=O)cc(Cl)c1O. The Labute approximate surface area is 195 Å². The van der Waals surface area contributed by atoms with Crippen LogP contribution in [0.25, 0.3) is 6.08 Å². The number of hydrogen-bond acceptors (Lipinski definition) is 6. The van der Waals surface area contributed by atoms with Crippen molar-refractivity contribution in [2.24, 2.45) is 0 Å². The van der Waals surface area contributed by atoms with Gasteiger partial charge in [-0.3, -0.25) is 4.79 Å². The van der Waals surface area contributed by atoms with E-state index < -0.39 is 11.9 Å². The normalized spacial score (nSPS) is 14.9. The molecule has 0 aliphatic carbocycles. The number of methoxy groups -OCH3 is 1. The number of aromatic hydroxyl groups is 1. The number of halogens is 3. The first-order valence-electron chi connectivity index (χ1n) is 8.06. The second-order valence-corrected chi connectivity index (χ2v) is 8.66. The smallest absolute Gasteiger partial charge is 0.338 e. The number of thiocarbonyl (C=S) groups is 1. The molecule has 1 fully saturated rings. The van der Waals surface area contributed by atoms with E-state index in [0.717, 1.165) is 16.8 Å². The summed E-state index contributed by atoms with van der Waals surface area (Å²) >= 11 is 23.9. The summed E-state index contributed by atoms with van der Waals surface area (Å²) in [5, 5.41) is 14.0. The molecule has 0 spiro atoms. The topological polar surface area (TPSA) is 90.9 Å². The van der Waals surface area contributed by atoms with Gasteiger partial charge < -0.3 is 15.2 Å². The Morgan fingerprint density at radius 2 is 1.93 bits per heavy atom. The van der Waals surface area contributed by atoms with Crippen LogP contribution in [0.1, 0.15) is 5.56 Å². The van der Waals surface area contributed by atoms with Crippen LogP contribution in [0, 0.1) is 0 Å². The fourth-order valence-electron chi connectivity index (χ4n) is 2.38. The number of urea groups is 1. The number of benzene rings is 2. The quantitative estimate of drug-likeness (QED) is 0.387. The molecule has 1 aliphatic heterocycles. The molecule has 2 aromatic rings. The van der Waals surface area contributed by atoms with Gasteiger partial charge in [0, 0.05) is 5.69 Å². The summed E-state index contributed by atoms with van der Waals surface area (Å²) in [6.45, 7) is 0. The predicted molar refractivity (Wildman–Crippen MR) is 123 cm³/mol. The average Bonchev–Trinajstić information content (AvgIpc) is 2.94. The van der Waals surface area contributed by atoms with Crippen LogP contribution in [0.3, 0.4) is 0 Å². The molecule has 1 heterocycles.